The topological polar surface area (TPSA) is 109 Å². The number of hydrazine groups is 1. The van der Waals surface area contributed by atoms with Crippen LogP contribution in [0.2, 0.25) is 0 Å². The highest BCUT2D eigenvalue weighted by molar-refractivity contribution is 7.89. The Morgan fingerprint density at radius 3 is 2.18 bits per heavy atom. The van der Waals surface area contributed by atoms with Crippen molar-refractivity contribution >= 4 is 15.9 Å². The number of ether oxygens (including phenoxy) is 3. The molecule has 0 spiro atoms. The molecule has 2 aliphatic rings. The number of benzene rings is 2. The molecule has 34 heavy (non-hydrogen) atoms. The summed E-state index contributed by atoms with van der Waals surface area (Å²) in [7, 11) is 0.864. The SMILES string of the molecule is COc1ccc(C2CC(C(=O)N3CCN(S(=O)(=O)c4ccc(OC)c(OC)c4)CC3)NN2)cc1. The molecule has 2 aromatic carbocycles. The van der Waals surface area contributed by atoms with Crippen molar-refractivity contribution in [3.05, 3.63) is 48.0 Å². The predicted octanol–water partition coefficient (Wildman–Crippen LogP) is 1.15. The minimum Gasteiger partial charge on any atom is -0.497 e. The number of amides is 1. The monoisotopic (exact) mass is 490 g/mol. The third-order valence-electron chi connectivity index (χ3n) is 6.26. The number of hydrogen-bond acceptors (Lipinski definition) is 8. The van der Waals surface area contributed by atoms with Crippen molar-refractivity contribution in [2.24, 2.45) is 0 Å². The van der Waals surface area contributed by atoms with Crippen molar-refractivity contribution < 1.29 is 27.4 Å². The first kappa shape index (κ1) is 24.3. The van der Waals surface area contributed by atoms with Gasteiger partial charge in [-0.05, 0) is 36.2 Å². The van der Waals surface area contributed by atoms with Crippen molar-refractivity contribution in [1.29, 1.82) is 0 Å². The van der Waals surface area contributed by atoms with Gasteiger partial charge in [-0.15, -0.1) is 0 Å². The molecular formula is C23H30N4O6S. The predicted molar refractivity (Wildman–Crippen MR) is 125 cm³/mol. The summed E-state index contributed by atoms with van der Waals surface area (Å²) in [4.78, 5) is 14.9. The fourth-order valence-corrected chi connectivity index (χ4v) is 5.71. The first-order valence-electron chi connectivity index (χ1n) is 11.0. The van der Waals surface area contributed by atoms with Gasteiger partial charge in [0.2, 0.25) is 15.9 Å². The fourth-order valence-electron chi connectivity index (χ4n) is 4.27. The molecule has 0 aliphatic carbocycles. The smallest absolute Gasteiger partial charge is 0.243 e. The molecule has 2 atom stereocenters. The minimum atomic E-state index is -3.72. The molecule has 2 unspecified atom stereocenters. The summed E-state index contributed by atoms with van der Waals surface area (Å²) in [5.74, 6) is 1.56. The third-order valence-corrected chi connectivity index (χ3v) is 8.16. The molecule has 0 saturated carbocycles. The van der Waals surface area contributed by atoms with Gasteiger partial charge in [0.25, 0.3) is 0 Å². The van der Waals surface area contributed by atoms with Crippen LogP contribution in [-0.4, -0.2) is 77.1 Å². The molecule has 2 heterocycles. The van der Waals surface area contributed by atoms with Gasteiger partial charge in [-0.1, -0.05) is 12.1 Å². The van der Waals surface area contributed by atoms with Gasteiger partial charge in [-0.25, -0.2) is 19.3 Å². The summed E-state index contributed by atoms with van der Waals surface area (Å²) in [6.45, 7) is 1.11. The van der Waals surface area contributed by atoms with E-state index in [1.54, 1.807) is 18.1 Å². The van der Waals surface area contributed by atoms with Gasteiger partial charge in [0.05, 0.1) is 26.2 Å². The van der Waals surface area contributed by atoms with E-state index < -0.39 is 10.0 Å². The van der Waals surface area contributed by atoms with E-state index in [0.29, 0.717) is 31.0 Å². The van der Waals surface area contributed by atoms with E-state index in [1.165, 1.54) is 30.7 Å². The molecule has 1 amide bonds. The normalized spacial score (nSPS) is 21.3. The van der Waals surface area contributed by atoms with Crippen molar-refractivity contribution in [3.8, 4) is 17.2 Å². The summed E-state index contributed by atoms with van der Waals surface area (Å²) in [5, 5.41) is 0. The van der Waals surface area contributed by atoms with Crippen LogP contribution < -0.4 is 25.1 Å². The number of hydrogen-bond donors (Lipinski definition) is 2. The number of nitrogens with zero attached hydrogens (tertiary/aromatic N) is 2. The first-order valence-corrected chi connectivity index (χ1v) is 12.5. The van der Waals surface area contributed by atoms with Crippen LogP contribution in [0.3, 0.4) is 0 Å². The van der Waals surface area contributed by atoms with Gasteiger partial charge in [-0.3, -0.25) is 4.79 Å². The van der Waals surface area contributed by atoms with E-state index in [4.69, 9.17) is 14.2 Å². The Hall–Kier alpha value is -2.86. The molecule has 2 aromatic rings. The molecular weight excluding hydrogens is 460 g/mol. The Kier molecular flexibility index (Phi) is 7.27. The standard InChI is InChI=1S/C23H30N4O6S/c1-31-17-6-4-16(5-7-17)19-15-20(25-24-19)23(28)26-10-12-27(13-11-26)34(29,30)18-8-9-21(32-2)22(14-18)33-3/h4-9,14,19-20,24-25H,10-13,15H2,1-3H3. The Balaban J connectivity index is 1.35. The highest BCUT2D eigenvalue weighted by atomic mass is 32.2. The second-order valence-corrected chi connectivity index (χ2v) is 10.1. The fraction of sp³-hybridized carbons (Fsp3) is 0.435. The number of piperazine rings is 1. The maximum absolute atomic E-state index is 13.1. The second-order valence-electron chi connectivity index (χ2n) is 8.15. The Morgan fingerprint density at radius 2 is 1.56 bits per heavy atom. The average molecular weight is 491 g/mol. The maximum Gasteiger partial charge on any atom is 0.243 e. The van der Waals surface area contributed by atoms with Crippen molar-refractivity contribution in [2.75, 3.05) is 47.5 Å². The van der Waals surface area contributed by atoms with Crippen LogP contribution in [0.5, 0.6) is 17.2 Å². The summed E-state index contributed by atoms with van der Waals surface area (Å²) in [6, 6.07) is 11.9. The summed E-state index contributed by atoms with van der Waals surface area (Å²) in [6.07, 6.45) is 0.606. The molecule has 0 radical (unpaired) electrons. The molecule has 0 aromatic heterocycles. The molecule has 0 bridgehead atoms. The molecule has 4 rings (SSSR count). The first-order chi connectivity index (χ1) is 16.4. The molecule has 10 nitrogen and oxygen atoms in total. The van der Waals surface area contributed by atoms with Crippen LogP contribution in [0.1, 0.15) is 18.0 Å². The number of sulfonamides is 1. The second kappa shape index (κ2) is 10.2. The molecule has 2 N–H and O–H groups in total. The number of carbonyl (C=O) groups excluding carboxylic acids is 1. The Labute approximate surface area is 199 Å². The highest BCUT2D eigenvalue weighted by Gasteiger charge is 2.36. The number of carbonyl (C=O) groups is 1. The highest BCUT2D eigenvalue weighted by Crippen LogP contribution is 2.31. The summed E-state index contributed by atoms with van der Waals surface area (Å²) in [5.41, 5.74) is 7.34. The van der Waals surface area contributed by atoms with E-state index in [0.717, 1.165) is 11.3 Å². The summed E-state index contributed by atoms with van der Waals surface area (Å²) < 4.78 is 43.3. The van der Waals surface area contributed by atoms with Gasteiger partial charge >= 0.3 is 0 Å². The molecule has 11 heteroatoms. The lowest BCUT2D eigenvalue weighted by atomic mass is 10.0. The van der Waals surface area contributed by atoms with Crippen molar-refractivity contribution in [1.82, 2.24) is 20.1 Å². The molecule has 2 saturated heterocycles. The zero-order valence-corrected chi connectivity index (χ0v) is 20.3. The summed E-state index contributed by atoms with van der Waals surface area (Å²) >= 11 is 0. The van der Waals surface area contributed by atoms with E-state index in [1.807, 2.05) is 24.3 Å². The van der Waals surface area contributed by atoms with E-state index in [2.05, 4.69) is 10.9 Å². The molecule has 184 valence electrons. The quantitative estimate of drug-likeness (QED) is 0.595. The number of methoxy groups -OCH3 is 3. The van der Waals surface area contributed by atoms with E-state index in [-0.39, 0.29) is 36.0 Å². The van der Waals surface area contributed by atoms with Gasteiger partial charge in [0, 0.05) is 38.3 Å². The van der Waals surface area contributed by atoms with Crippen LogP contribution >= 0.6 is 0 Å². The minimum absolute atomic E-state index is 0.00609. The average Bonchev–Trinajstić information content (AvgIpc) is 3.38. The van der Waals surface area contributed by atoms with E-state index in [9.17, 15) is 13.2 Å². The zero-order chi connectivity index (χ0) is 24.3. The van der Waals surface area contributed by atoms with Crippen LogP contribution in [-0.2, 0) is 14.8 Å². The Morgan fingerprint density at radius 1 is 0.882 bits per heavy atom. The number of nitrogens with one attached hydrogen (secondary N) is 2. The zero-order valence-electron chi connectivity index (χ0n) is 19.5. The van der Waals surface area contributed by atoms with Crippen molar-refractivity contribution in [3.63, 3.8) is 0 Å². The van der Waals surface area contributed by atoms with Gasteiger partial charge in [-0.2, -0.15) is 4.31 Å². The van der Waals surface area contributed by atoms with Crippen LogP contribution in [0.4, 0.5) is 0 Å². The molecule has 2 aliphatic heterocycles. The van der Waals surface area contributed by atoms with Crippen LogP contribution in [0.15, 0.2) is 47.4 Å². The van der Waals surface area contributed by atoms with Gasteiger partial charge in [0.15, 0.2) is 11.5 Å². The molecule has 2 fully saturated rings. The van der Waals surface area contributed by atoms with E-state index >= 15 is 0 Å². The largest absolute Gasteiger partial charge is 0.497 e. The van der Waals surface area contributed by atoms with Crippen LogP contribution in [0.25, 0.3) is 0 Å². The third kappa shape index (κ3) is 4.83. The lowest BCUT2D eigenvalue weighted by molar-refractivity contribution is -0.134. The Bertz CT molecular complexity index is 1120. The van der Waals surface area contributed by atoms with Crippen LogP contribution in [0, 0.1) is 0 Å². The van der Waals surface area contributed by atoms with Gasteiger partial charge in [0.1, 0.15) is 11.8 Å². The van der Waals surface area contributed by atoms with Gasteiger partial charge < -0.3 is 19.1 Å². The lowest BCUT2D eigenvalue weighted by Gasteiger charge is -2.35. The number of rotatable bonds is 7. The lowest BCUT2D eigenvalue weighted by Crippen LogP contribution is -2.54. The maximum atomic E-state index is 13.1. The van der Waals surface area contributed by atoms with Crippen molar-refractivity contribution in [2.45, 2.75) is 23.4 Å².